The zero-order valence-electron chi connectivity index (χ0n) is 15.6. The van der Waals surface area contributed by atoms with Gasteiger partial charge in [-0.2, -0.15) is 5.10 Å². The molecule has 0 aliphatic carbocycles. The van der Waals surface area contributed by atoms with Gasteiger partial charge in [-0.3, -0.25) is 4.79 Å². The van der Waals surface area contributed by atoms with Crippen molar-refractivity contribution in [1.82, 2.24) is 20.2 Å². The van der Waals surface area contributed by atoms with Crippen molar-refractivity contribution in [1.29, 1.82) is 0 Å². The van der Waals surface area contributed by atoms with Crippen molar-refractivity contribution in [3.05, 3.63) is 65.5 Å². The molecular formula is C20H20FN5OS. The van der Waals surface area contributed by atoms with Crippen molar-refractivity contribution < 1.29 is 9.18 Å². The highest BCUT2D eigenvalue weighted by atomic mass is 32.2. The van der Waals surface area contributed by atoms with Crippen molar-refractivity contribution in [2.75, 3.05) is 5.75 Å². The Kier molecular flexibility index (Phi) is 6.54. The molecule has 0 bridgehead atoms. The van der Waals surface area contributed by atoms with E-state index in [-0.39, 0.29) is 11.7 Å². The molecular weight excluding hydrogens is 377 g/mol. The van der Waals surface area contributed by atoms with Crippen molar-refractivity contribution in [2.24, 2.45) is 5.10 Å². The minimum absolute atomic E-state index is 0.126. The Morgan fingerprint density at radius 2 is 1.96 bits per heavy atom. The van der Waals surface area contributed by atoms with E-state index in [9.17, 15) is 9.18 Å². The lowest BCUT2D eigenvalue weighted by molar-refractivity contribution is -0.118. The number of thioether (sulfide) groups is 1. The second-order valence-corrected chi connectivity index (χ2v) is 6.96. The molecule has 6 nitrogen and oxygen atoms in total. The summed E-state index contributed by atoms with van der Waals surface area (Å²) in [6.07, 6.45) is 1.28. The fourth-order valence-electron chi connectivity index (χ4n) is 2.51. The minimum Gasteiger partial charge on any atom is -0.302 e. The molecule has 0 radical (unpaired) electrons. The van der Waals surface area contributed by atoms with Crippen LogP contribution in [0.4, 0.5) is 4.39 Å². The molecule has 1 aromatic heterocycles. The standard InChI is InChI=1S/C20H20FN5OS/c1-3-26-19(15-10-8-14(2)9-11-15)24-25-20(26)28-13-18(27)23-22-12-16-6-4-5-7-17(16)21/h4-12H,3,13H2,1-2H3,(H,23,27). The van der Waals surface area contributed by atoms with Crippen LogP contribution in [0.25, 0.3) is 11.4 Å². The highest BCUT2D eigenvalue weighted by Crippen LogP contribution is 2.24. The zero-order chi connectivity index (χ0) is 19.9. The number of hydrogen-bond acceptors (Lipinski definition) is 5. The van der Waals surface area contributed by atoms with Crippen LogP contribution in [0.5, 0.6) is 0 Å². The number of hydrogen-bond donors (Lipinski definition) is 1. The number of carbonyl (C=O) groups excluding carboxylic acids is 1. The van der Waals surface area contributed by atoms with Crippen LogP contribution in [-0.2, 0) is 11.3 Å². The molecule has 8 heteroatoms. The number of halogens is 1. The van der Waals surface area contributed by atoms with Crippen molar-refractivity contribution >= 4 is 23.9 Å². The van der Waals surface area contributed by atoms with E-state index in [4.69, 9.17) is 0 Å². The maximum atomic E-state index is 13.5. The van der Waals surface area contributed by atoms with Gasteiger partial charge in [-0.15, -0.1) is 10.2 Å². The van der Waals surface area contributed by atoms with Crippen LogP contribution in [0.1, 0.15) is 18.1 Å². The Morgan fingerprint density at radius 1 is 1.21 bits per heavy atom. The third kappa shape index (κ3) is 4.83. The molecule has 144 valence electrons. The number of aromatic nitrogens is 3. The molecule has 0 spiro atoms. The summed E-state index contributed by atoms with van der Waals surface area (Å²) in [5.74, 6) is 0.193. The van der Waals surface area contributed by atoms with Gasteiger partial charge in [0, 0.05) is 17.7 Å². The minimum atomic E-state index is -0.394. The third-order valence-corrected chi connectivity index (χ3v) is 4.94. The average Bonchev–Trinajstić information content (AvgIpc) is 3.11. The monoisotopic (exact) mass is 397 g/mol. The molecule has 0 saturated heterocycles. The number of hydrazone groups is 1. The normalized spacial score (nSPS) is 11.1. The molecule has 0 atom stereocenters. The van der Waals surface area contributed by atoms with Crippen molar-refractivity contribution in [3.8, 4) is 11.4 Å². The summed E-state index contributed by atoms with van der Waals surface area (Å²) >= 11 is 1.28. The van der Waals surface area contributed by atoms with Gasteiger partial charge in [0.05, 0.1) is 12.0 Å². The summed E-state index contributed by atoms with van der Waals surface area (Å²) in [7, 11) is 0. The molecule has 0 aliphatic rings. The van der Waals surface area contributed by atoms with Gasteiger partial charge < -0.3 is 4.57 Å². The summed E-state index contributed by atoms with van der Waals surface area (Å²) in [4.78, 5) is 12.0. The number of rotatable bonds is 7. The first-order valence-electron chi connectivity index (χ1n) is 8.78. The fraction of sp³-hybridized carbons (Fsp3) is 0.200. The maximum Gasteiger partial charge on any atom is 0.250 e. The smallest absolute Gasteiger partial charge is 0.250 e. The van der Waals surface area contributed by atoms with E-state index in [0.29, 0.717) is 17.3 Å². The van der Waals surface area contributed by atoms with Crippen LogP contribution in [0.3, 0.4) is 0 Å². The Labute approximate surface area is 166 Å². The molecule has 0 unspecified atom stereocenters. The highest BCUT2D eigenvalue weighted by Gasteiger charge is 2.14. The SMILES string of the molecule is CCn1c(SCC(=O)NN=Cc2ccccc2F)nnc1-c1ccc(C)cc1. The Morgan fingerprint density at radius 3 is 2.68 bits per heavy atom. The van der Waals surface area contributed by atoms with E-state index in [2.05, 4.69) is 20.7 Å². The van der Waals surface area contributed by atoms with Crippen LogP contribution < -0.4 is 5.43 Å². The van der Waals surface area contributed by atoms with Crippen LogP contribution in [0, 0.1) is 12.7 Å². The lowest BCUT2D eigenvalue weighted by Crippen LogP contribution is -2.20. The molecule has 1 heterocycles. The van der Waals surface area contributed by atoms with E-state index in [0.717, 1.165) is 11.4 Å². The molecule has 1 N–H and O–H groups in total. The number of nitrogens with one attached hydrogen (secondary N) is 1. The topological polar surface area (TPSA) is 72.2 Å². The largest absolute Gasteiger partial charge is 0.302 e. The van der Waals surface area contributed by atoms with Crippen molar-refractivity contribution in [2.45, 2.75) is 25.5 Å². The summed E-state index contributed by atoms with van der Waals surface area (Å²) in [5, 5.41) is 12.9. The lowest BCUT2D eigenvalue weighted by atomic mass is 10.1. The number of carbonyl (C=O) groups is 1. The van der Waals surface area contributed by atoms with Crippen LogP contribution in [0.15, 0.2) is 58.8 Å². The van der Waals surface area contributed by atoms with Gasteiger partial charge in [-0.05, 0) is 19.9 Å². The van der Waals surface area contributed by atoms with Crippen molar-refractivity contribution in [3.63, 3.8) is 0 Å². The maximum absolute atomic E-state index is 13.5. The quantitative estimate of drug-likeness (QED) is 0.375. The Balaban J connectivity index is 1.60. The predicted octanol–water partition coefficient (Wildman–Crippen LogP) is 3.65. The number of aryl methyl sites for hydroxylation is 1. The van der Waals surface area contributed by atoms with E-state index in [1.807, 2.05) is 42.7 Å². The Bertz CT molecular complexity index is 985. The first-order valence-corrected chi connectivity index (χ1v) is 9.76. The van der Waals surface area contributed by atoms with Crippen LogP contribution in [-0.4, -0.2) is 32.6 Å². The first kappa shape index (κ1) is 19.8. The van der Waals surface area contributed by atoms with Gasteiger partial charge in [0.25, 0.3) is 5.91 Å². The second kappa shape index (κ2) is 9.27. The average molecular weight is 397 g/mol. The molecule has 2 aromatic carbocycles. The van der Waals surface area contributed by atoms with E-state index >= 15 is 0 Å². The van der Waals surface area contributed by atoms with E-state index < -0.39 is 5.82 Å². The number of benzene rings is 2. The van der Waals surface area contributed by atoms with Crippen LogP contribution >= 0.6 is 11.8 Å². The molecule has 28 heavy (non-hydrogen) atoms. The third-order valence-electron chi connectivity index (χ3n) is 3.97. The van der Waals surface area contributed by atoms with E-state index in [1.54, 1.807) is 18.2 Å². The zero-order valence-corrected chi connectivity index (χ0v) is 16.4. The Hall–Kier alpha value is -3.00. The lowest BCUT2D eigenvalue weighted by Gasteiger charge is -2.07. The van der Waals surface area contributed by atoms with Gasteiger partial charge in [-0.25, -0.2) is 9.82 Å². The molecule has 3 rings (SSSR count). The summed E-state index contributed by atoms with van der Waals surface area (Å²) in [5.41, 5.74) is 4.86. The number of amides is 1. The summed E-state index contributed by atoms with van der Waals surface area (Å²) < 4.78 is 15.5. The van der Waals surface area contributed by atoms with Crippen LogP contribution in [0.2, 0.25) is 0 Å². The molecule has 0 saturated carbocycles. The van der Waals surface area contributed by atoms with E-state index in [1.165, 1.54) is 29.6 Å². The van der Waals surface area contributed by atoms with Gasteiger partial charge >= 0.3 is 0 Å². The van der Waals surface area contributed by atoms with Gasteiger partial charge in [0.15, 0.2) is 11.0 Å². The first-order chi connectivity index (χ1) is 13.6. The predicted molar refractivity (Wildman–Crippen MR) is 109 cm³/mol. The van der Waals surface area contributed by atoms with Gasteiger partial charge in [0.1, 0.15) is 5.82 Å². The molecule has 3 aromatic rings. The summed E-state index contributed by atoms with van der Waals surface area (Å²) in [6.45, 7) is 4.72. The fourth-order valence-corrected chi connectivity index (χ4v) is 3.31. The highest BCUT2D eigenvalue weighted by molar-refractivity contribution is 7.99. The second-order valence-electron chi connectivity index (χ2n) is 6.02. The summed E-state index contributed by atoms with van der Waals surface area (Å²) in [6, 6.07) is 14.3. The molecule has 0 aliphatic heterocycles. The molecule has 0 fully saturated rings. The van der Waals surface area contributed by atoms with Gasteiger partial charge in [-0.1, -0.05) is 59.8 Å². The van der Waals surface area contributed by atoms with Gasteiger partial charge in [0.2, 0.25) is 0 Å². The molecule has 1 amide bonds. The number of nitrogens with zero attached hydrogens (tertiary/aromatic N) is 4.